The Labute approximate surface area is 125 Å². The monoisotopic (exact) mass is 340 g/mol. The summed E-state index contributed by atoms with van der Waals surface area (Å²) in [7, 11) is 0. The molecule has 3 N–H and O–H groups in total. The molecule has 2 aromatic carbocycles. The van der Waals surface area contributed by atoms with E-state index in [9.17, 15) is 8.78 Å². The third kappa shape index (κ3) is 3.06. The predicted octanol–water partition coefficient (Wildman–Crippen LogP) is 3.78. The Kier molecular flexibility index (Phi) is 4.86. The zero-order chi connectivity index (χ0) is 14.7. The minimum Gasteiger partial charge on any atom is -0.271 e. The number of nitrogens with one attached hydrogen (secondary N) is 1. The van der Waals surface area contributed by atoms with E-state index in [-0.39, 0.29) is 10.5 Å². The molecule has 0 spiro atoms. The average Bonchev–Trinajstić information content (AvgIpc) is 2.45. The van der Waals surface area contributed by atoms with E-state index in [0.717, 1.165) is 17.2 Å². The van der Waals surface area contributed by atoms with Gasteiger partial charge in [-0.25, -0.2) is 8.78 Å². The lowest BCUT2D eigenvalue weighted by atomic mass is 9.96. The normalized spacial score (nSPS) is 12.4. The van der Waals surface area contributed by atoms with E-state index in [0.29, 0.717) is 12.0 Å². The van der Waals surface area contributed by atoms with Crippen LogP contribution in [0.15, 0.2) is 40.9 Å². The van der Waals surface area contributed by atoms with Crippen LogP contribution in [-0.2, 0) is 6.42 Å². The van der Waals surface area contributed by atoms with Crippen molar-refractivity contribution in [2.24, 2.45) is 5.84 Å². The van der Waals surface area contributed by atoms with Crippen molar-refractivity contribution in [1.29, 1.82) is 0 Å². The van der Waals surface area contributed by atoms with Crippen LogP contribution in [0.25, 0.3) is 0 Å². The predicted molar refractivity (Wildman–Crippen MR) is 79.0 cm³/mol. The first-order chi connectivity index (χ1) is 9.54. The number of aryl methyl sites for hydroxylation is 1. The van der Waals surface area contributed by atoms with Gasteiger partial charge in [-0.1, -0.05) is 30.3 Å². The van der Waals surface area contributed by atoms with Crippen LogP contribution in [0.5, 0.6) is 0 Å². The van der Waals surface area contributed by atoms with Gasteiger partial charge >= 0.3 is 0 Å². The molecular weight excluding hydrogens is 326 g/mol. The molecule has 0 fully saturated rings. The van der Waals surface area contributed by atoms with Gasteiger partial charge in [0.15, 0.2) is 11.6 Å². The lowest BCUT2D eigenvalue weighted by molar-refractivity contribution is 0.491. The van der Waals surface area contributed by atoms with Crippen LogP contribution in [0.1, 0.15) is 22.7 Å². The Hall–Kier alpha value is -1.30. The van der Waals surface area contributed by atoms with E-state index in [1.807, 2.05) is 31.2 Å². The molecule has 0 saturated heterocycles. The molecule has 0 radical (unpaired) electrons. The summed E-state index contributed by atoms with van der Waals surface area (Å²) in [5, 5.41) is 0. The van der Waals surface area contributed by atoms with Gasteiger partial charge in [0.2, 0.25) is 0 Å². The van der Waals surface area contributed by atoms with Crippen molar-refractivity contribution in [2.45, 2.75) is 19.4 Å². The molecule has 0 aliphatic heterocycles. The summed E-state index contributed by atoms with van der Waals surface area (Å²) in [6.45, 7) is 2.00. The maximum absolute atomic E-state index is 13.6. The molecule has 1 atom stereocenters. The zero-order valence-electron chi connectivity index (χ0n) is 11.0. The number of hydrogen-bond acceptors (Lipinski definition) is 2. The number of hydrazine groups is 1. The largest absolute Gasteiger partial charge is 0.271 e. The van der Waals surface area contributed by atoms with E-state index in [4.69, 9.17) is 5.84 Å². The maximum atomic E-state index is 13.6. The Balaban J connectivity index is 2.34. The van der Waals surface area contributed by atoms with Crippen molar-refractivity contribution in [1.82, 2.24) is 5.43 Å². The minimum absolute atomic E-state index is 0.106. The van der Waals surface area contributed by atoms with Crippen molar-refractivity contribution in [2.75, 3.05) is 0 Å². The van der Waals surface area contributed by atoms with Crippen LogP contribution in [0.2, 0.25) is 0 Å². The summed E-state index contributed by atoms with van der Waals surface area (Å²) in [6.07, 6.45) is 0.590. The average molecular weight is 341 g/mol. The third-order valence-corrected chi connectivity index (χ3v) is 4.13. The molecule has 0 aliphatic rings. The van der Waals surface area contributed by atoms with Crippen LogP contribution in [0.4, 0.5) is 8.78 Å². The summed E-state index contributed by atoms with van der Waals surface area (Å²) >= 11 is 3.09. The summed E-state index contributed by atoms with van der Waals surface area (Å²) in [6, 6.07) is 10.2. The number of nitrogens with two attached hydrogens (primary N) is 1. The lowest BCUT2D eigenvalue weighted by Crippen LogP contribution is -2.30. The first kappa shape index (κ1) is 15.1. The van der Waals surface area contributed by atoms with Crippen LogP contribution in [-0.4, -0.2) is 0 Å². The van der Waals surface area contributed by atoms with Gasteiger partial charge in [-0.3, -0.25) is 11.3 Å². The Morgan fingerprint density at radius 3 is 2.55 bits per heavy atom. The molecule has 5 heteroatoms. The fourth-order valence-electron chi connectivity index (χ4n) is 2.13. The maximum Gasteiger partial charge on any atom is 0.173 e. The number of hydrogen-bond donors (Lipinski definition) is 2. The van der Waals surface area contributed by atoms with E-state index < -0.39 is 11.6 Å². The van der Waals surface area contributed by atoms with Crippen molar-refractivity contribution in [3.8, 4) is 0 Å². The van der Waals surface area contributed by atoms with Crippen LogP contribution in [0, 0.1) is 18.6 Å². The molecule has 0 amide bonds. The van der Waals surface area contributed by atoms with Crippen LogP contribution >= 0.6 is 15.9 Å². The highest BCUT2D eigenvalue weighted by Crippen LogP contribution is 2.30. The molecule has 0 heterocycles. The zero-order valence-corrected chi connectivity index (χ0v) is 12.5. The molecule has 0 aliphatic carbocycles. The van der Waals surface area contributed by atoms with Crippen molar-refractivity contribution in [3.05, 3.63) is 69.2 Å². The molecule has 1 unspecified atom stereocenters. The van der Waals surface area contributed by atoms with E-state index >= 15 is 0 Å². The van der Waals surface area contributed by atoms with E-state index in [1.54, 1.807) is 0 Å². The molecule has 0 bridgehead atoms. The second-order valence-electron chi connectivity index (χ2n) is 4.61. The molecule has 20 heavy (non-hydrogen) atoms. The molecular formula is C15H15BrF2N2. The van der Waals surface area contributed by atoms with E-state index in [2.05, 4.69) is 21.4 Å². The van der Waals surface area contributed by atoms with Gasteiger partial charge in [0.25, 0.3) is 0 Å². The van der Waals surface area contributed by atoms with Gasteiger partial charge in [0.05, 0.1) is 10.5 Å². The number of rotatable bonds is 4. The first-order valence-electron chi connectivity index (χ1n) is 6.18. The number of halogens is 3. The Morgan fingerprint density at radius 1 is 1.20 bits per heavy atom. The van der Waals surface area contributed by atoms with Gasteiger partial charge in [0, 0.05) is 0 Å². The molecule has 0 saturated carbocycles. The first-order valence-corrected chi connectivity index (χ1v) is 6.98. The lowest BCUT2D eigenvalue weighted by Gasteiger charge is -2.19. The van der Waals surface area contributed by atoms with Gasteiger partial charge in [-0.15, -0.1) is 0 Å². The molecule has 2 rings (SSSR count). The molecule has 2 nitrogen and oxygen atoms in total. The molecule has 2 aromatic rings. The summed E-state index contributed by atoms with van der Waals surface area (Å²) in [5.74, 6) is 3.79. The fourth-order valence-corrected chi connectivity index (χ4v) is 2.73. The van der Waals surface area contributed by atoms with E-state index in [1.165, 1.54) is 6.07 Å². The quantitative estimate of drug-likeness (QED) is 0.505. The third-order valence-electron chi connectivity index (χ3n) is 3.33. The highest BCUT2D eigenvalue weighted by Gasteiger charge is 2.19. The number of benzene rings is 2. The topological polar surface area (TPSA) is 38.0 Å². The van der Waals surface area contributed by atoms with Crippen molar-refractivity contribution in [3.63, 3.8) is 0 Å². The van der Waals surface area contributed by atoms with Gasteiger partial charge in [0.1, 0.15) is 0 Å². The molecule has 0 aromatic heterocycles. The van der Waals surface area contributed by atoms with Gasteiger partial charge in [-0.2, -0.15) is 0 Å². The smallest absolute Gasteiger partial charge is 0.173 e. The Morgan fingerprint density at radius 2 is 1.90 bits per heavy atom. The summed E-state index contributed by atoms with van der Waals surface area (Å²) in [4.78, 5) is 0. The summed E-state index contributed by atoms with van der Waals surface area (Å²) < 4.78 is 26.9. The Bertz CT molecular complexity index is 617. The van der Waals surface area contributed by atoms with Crippen LogP contribution in [0.3, 0.4) is 0 Å². The highest BCUT2D eigenvalue weighted by atomic mass is 79.9. The van der Waals surface area contributed by atoms with Crippen molar-refractivity contribution >= 4 is 15.9 Å². The van der Waals surface area contributed by atoms with Crippen molar-refractivity contribution < 1.29 is 8.78 Å². The van der Waals surface area contributed by atoms with Gasteiger partial charge in [-0.05, 0) is 52.0 Å². The van der Waals surface area contributed by atoms with Crippen LogP contribution < -0.4 is 11.3 Å². The fraction of sp³-hybridized carbons (Fsp3) is 0.200. The second kappa shape index (κ2) is 6.43. The molecule has 106 valence electrons. The summed E-state index contributed by atoms with van der Waals surface area (Å²) in [5.41, 5.74) is 5.49. The SMILES string of the molecule is Cc1ccccc1CC(NN)c1ccc(F)c(F)c1Br. The second-order valence-corrected chi connectivity index (χ2v) is 5.41. The minimum atomic E-state index is -0.896. The highest BCUT2D eigenvalue weighted by molar-refractivity contribution is 9.10. The van der Waals surface area contributed by atoms with Gasteiger partial charge < -0.3 is 0 Å². The standard InChI is InChI=1S/C15H15BrF2N2/c1-9-4-2-3-5-10(9)8-13(20-19)11-6-7-12(17)15(18)14(11)16/h2-7,13,20H,8,19H2,1H3.